The number of phenolic OH excluding ortho intramolecular Hbond substituents is 1. The maximum absolute atomic E-state index is 9.92. The zero-order valence-electron chi connectivity index (χ0n) is 11.1. The minimum Gasteiger partial charge on any atom is -0.508 e. The van der Waals surface area contributed by atoms with Crippen molar-refractivity contribution in [3.8, 4) is 5.75 Å². The predicted octanol–water partition coefficient (Wildman–Crippen LogP) is 2.49. The molecule has 0 saturated carbocycles. The summed E-state index contributed by atoms with van der Waals surface area (Å²) in [4.78, 5) is 2.54. The van der Waals surface area contributed by atoms with E-state index >= 15 is 0 Å². The standard InChI is InChI=1S/C15H21NO2/c1-10-9-18-11(2)8-16(10)14-7-6-13-12(14)4-3-5-15(13)17/h3-5,10-11,14,17H,6-9H2,1-2H3. The number of nitrogens with zero attached hydrogens (tertiary/aromatic N) is 1. The summed E-state index contributed by atoms with van der Waals surface area (Å²) in [6, 6.07) is 6.83. The van der Waals surface area contributed by atoms with Gasteiger partial charge in [-0.15, -0.1) is 0 Å². The zero-order chi connectivity index (χ0) is 12.7. The van der Waals surface area contributed by atoms with Crippen LogP contribution in [0.5, 0.6) is 5.75 Å². The lowest BCUT2D eigenvalue weighted by Gasteiger charge is -2.41. The molecule has 1 N–H and O–H groups in total. The van der Waals surface area contributed by atoms with E-state index in [1.54, 1.807) is 6.07 Å². The zero-order valence-corrected chi connectivity index (χ0v) is 11.1. The van der Waals surface area contributed by atoms with Crippen molar-refractivity contribution in [2.75, 3.05) is 13.2 Å². The number of benzene rings is 1. The minimum atomic E-state index is 0.308. The van der Waals surface area contributed by atoms with Crippen molar-refractivity contribution in [1.82, 2.24) is 4.90 Å². The Morgan fingerprint density at radius 2 is 2.17 bits per heavy atom. The second kappa shape index (κ2) is 4.56. The molecule has 1 heterocycles. The van der Waals surface area contributed by atoms with E-state index in [1.807, 2.05) is 6.07 Å². The molecule has 2 aliphatic rings. The molecule has 1 aromatic carbocycles. The first-order valence-electron chi connectivity index (χ1n) is 6.85. The van der Waals surface area contributed by atoms with Gasteiger partial charge in [-0.25, -0.2) is 0 Å². The summed E-state index contributed by atoms with van der Waals surface area (Å²) in [5, 5.41) is 9.92. The van der Waals surface area contributed by atoms with Gasteiger partial charge in [0.2, 0.25) is 0 Å². The van der Waals surface area contributed by atoms with Gasteiger partial charge in [0.1, 0.15) is 5.75 Å². The molecule has 3 atom stereocenters. The number of morpholine rings is 1. The van der Waals surface area contributed by atoms with Crippen molar-refractivity contribution in [2.45, 2.75) is 44.9 Å². The van der Waals surface area contributed by atoms with Crippen LogP contribution in [-0.4, -0.2) is 35.3 Å². The average molecular weight is 247 g/mol. The first kappa shape index (κ1) is 12.0. The average Bonchev–Trinajstić information content (AvgIpc) is 2.77. The topological polar surface area (TPSA) is 32.7 Å². The molecule has 0 aromatic heterocycles. The quantitative estimate of drug-likeness (QED) is 0.827. The van der Waals surface area contributed by atoms with E-state index < -0.39 is 0 Å². The molecule has 3 unspecified atom stereocenters. The fraction of sp³-hybridized carbons (Fsp3) is 0.600. The number of phenols is 1. The van der Waals surface area contributed by atoms with Gasteiger partial charge < -0.3 is 9.84 Å². The Morgan fingerprint density at radius 1 is 1.33 bits per heavy atom. The van der Waals surface area contributed by atoms with Gasteiger partial charge in [0, 0.05) is 18.6 Å². The molecule has 0 amide bonds. The van der Waals surface area contributed by atoms with Crippen LogP contribution >= 0.6 is 0 Å². The van der Waals surface area contributed by atoms with Gasteiger partial charge in [0.15, 0.2) is 0 Å². The molecule has 1 saturated heterocycles. The predicted molar refractivity (Wildman–Crippen MR) is 70.8 cm³/mol. The fourth-order valence-corrected chi connectivity index (χ4v) is 3.32. The molecule has 1 fully saturated rings. The molecule has 0 bridgehead atoms. The normalized spacial score (nSPS) is 32.4. The number of ether oxygens (including phenoxy) is 1. The van der Waals surface area contributed by atoms with Crippen molar-refractivity contribution in [3.05, 3.63) is 29.3 Å². The van der Waals surface area contributed by atoms with E-state index in [4.69, 9.17) is 4.74 Å². The largest absolute Gasteiger partial charge is 0.508 e. The highest BCUT2D eigenvalue weighted by Gasteiger charge is 2.35. The summed E-state index contributed by atoms with van der Waals surface area (Å²) in [6.45, 7) is 6.16. The van der Waals surface area contributed by atoms with Crippen molar-refractivity contribution in [1.29, 1.82) is 0 Å². The molecule has 3 nitrogen and oxygen atoms in total. The molecule has 3 heteroatoms. The van der Waals surface area contributed by atoms with Gasteiger partial charge in [0.25, 0.3) is 0 Å². The monoisotopic (exact) mass is 247 g/mol. The number of aromatic hydroxyl groups is 1. The summed E-state index contributed by atoms with van der Waals surface area (Å²) in [6.07, 6.45) is 2.41. The molecule has 1 aliphatic heterocycles. The highest BCUT2D eigenvalue weighted by molar-refractivity contribution is 5.44. The second-order valence-corrected chi connectivity index (χ2v) is 5.59. The van der Waals surface area contributed by atoms with E-state index in [9.17, 15) is 5.11 Å². The fourth-order valence-electron chi connectivity index (χ4n) is 3.32. The van der Waals surface area contributed by atoms with Crippen molar-refractivity contribution >= 4 is 0 Å². The van der Waals surface area contributed by atoms with Crippen LogP contribution in [0.25, 0.3) is 0 Å². The van der Waals surface area contributed by atoms with E-state index in [-0.39, 0.29) is 0 Å². The lowest BCUT2D eigenvalue weighted by Crippen LogP contribution is -2.48. The van der Waals surface area contributed by atoms with Crippen molar-refractivity contribution < 1.29 is 9.84 Å². The Balaban J connectivity index is 1.89. The molecular formula is C15H21NO2. The molecule has 98 valence electrons. The van der Waals surface area contributed by atoms with E-state index in [1.165, 1.54) is 5.56 Å². The number of fused-ring (bicyclic) bond motifs is 1. The third-order valence-corrected chi connectivity index (χ3v) is 4.27. The molecular weight excluding hydrogens is 226 g/mol. The third kappa shape index (κ3) is 1.91. The third-order valence-electron chi connectivity index (χ3n) is 4.27. The van der Waals surface area contributed by atoms with Crippen LogP contribution < -0.4 is 0 Å². The van der Waals surface area contributed by atoms with E-state index in [2.05, 4.69) is 24.8 Å². The van der Waals surface area contributed by atoms with Gasteiger partial charge in [-0.2, -0.15) is 0 Å². The second-order valence-electron chi connectivity index (χ2n) is 5.59. The summed E-state index contributed by atoms with van der Waals surface area (Å²) < 4.78 is 5.70. The van der Waals surface area contributed by atoms with Crippen LogP contribution in [0.2, 0.25) is 0 Å². The number of rotatable bonds is 1. The number of hydrogen-bond donors (Lipinski definition) is 1. The van der Waals surface area contributed by atoms with Gasteiger partial charge >= 0.3 is 0 Å². The van der Waals surface area contributed by atoms with Gasteiger partial charge in [0.05, 0.1) is 12.7 Å². The Hall–Kier alpha value is -1.06. The van der Waals surface area contributed by atoms with Crippen LogP contribution in [0.15, 0.2) is 18.2 Å². The molecule has 3 rings (SSSR count). The summed E-state index contributed by atoms with van der Waals surface area (Å²) in [5.74, 6) is 0.462. The first-order chi connectivity index (χ1) is 8.66. The highest BCUT2D eigenvalue weighted by Crippen LogP contribution is 2.41. The van der Waals surface area contributed by atoms with Crippen LogP contribution in [-0.2, 0) is 11.2 Å². The molecule has 18 heavy (non-hydrogen) atoms. The molecule has 0 radical (unpaired) electrons. The first-order valence-corrected chi connectivity index (χ1v) is 6.85. The van der Waals surface area contributed by atoms with E-state index in [0.717, 1.165) is 31.6 Å². The maximum Gasteiger partial charge on any atom is 0.119 e. The summed E-state index contributed by atoms with van der Waals surface area (Å²) in [5.41, 5.74) is 2.46. The van der Waals surface area contributed by atoms with Crippen LogP contribution in [0, 0.1) is 0 Å². The molecule has 1 aliphatic carbocycles. The lowest BCUT2D eigenvalue weighted by molar-refractivity contribution is -0.0664. The summed E-state index contributed by atoms with van der Waals surface area (Å²) >= 11 is 0. The van der Waals surface area contributed by atoms with Crippen LogP contribution in [0.3, 0.4) is 0 Å². The molecule has 1 aromatic rings. The Kier molecular flexibility index (Phi) is 3.04. The number of hydrogen-bond acceptors (Lipinski definition) is 3. The van der Waals surface area contributed by atoms with Crippen LogP contribution in [0.1, 0.15) is 37.4 Å². The highest BCUT2D eigenvalue weighted by atomic mass is 16.5. The smallest absolute Gasteiger partial charge is 0.119 e. The van der Waals surface area contributed by atoms with Crippen molar-refractivity contribution in [3.63, 3.8) is 0 Å². The molecule has 0 spiro atoms. The minimum absolute atomic E-state index is 0.308. The summed E-state index contributed by atoms with van der Waals surface area (Å²) in [7, 11) is 0. The van der Waals surface area contributed by atoms with Gasteiger partial charge in [-0.1, -0.05) is 12.1 Å². The Labute approximate surface area is 108 Å². The lowest BCUT2D eigenvalue weighted by atomic mass is 10.0. The Morgan fingerprint density at radius 3 is 3.00 bits per heavy atom. The Bertz CT molecular complexity index is 446. The van der Waals surface area contributed by atoms with Crippen molar-refractivity contribution in [2.24, 2.45) is 0 Å². The van der Waals surface area contributed by atoms with Gasteiger partial charge in [-0.05, 0) is 43.9 Å². The van der Waals surface area contributed by atoms with Crippen LogP contribution in [0.4, 0.5) is 0 Å². The SMILES string of the molecule is CC1CN(C2CCc3c(O)cccc32)C(C)CO1. The van der Waals surface area contributed by atoms with Gasteiger partial charge in [-0.3, -0.25) is 4.90 Å². The maximum atomic E-state index is 9.92. The van der Waals surface area contributed by atoms with E-state index in [0.29, 0.717) is 23.9 Å².